The minimum Gasteiger partial charge on any atom is -0.491 e. The van der Waals surface area contributed by atoms with Crippen molar-refractivity contribution in [2.45, 2.75) is 12.1 Å². The molecule has 1 aromatic carbocycles. The number of hydrogen-bond donors (Lipinski definition) is 3. The zero-order valence-corrected chi connectivity index (χ0v) is 10.9. The van der Waals surface area contributed by atoms with Gasteiger partial charge in [0.25, 0.3) is 0 Å². The van der Waals surface area contributed by atoms with E-state index in [-0.39, 0.29) is 31.6 Å². The van der Waals surface area contributed by atoms with Gasteiger partial charge in [0.2, 0.25) is 0 Å². The molecule has 1 aromatic rings. The second-order valence-electron chi connectivity index (χ2n) is 4.16. The average Bonchev–Trinajstić information content (AvgIpc) is 2.42. The zero-order chi connectivity index (χ0) is 14.1. The van der Waals surface area contributed by atoms with Crippen molar-refractivity contribution in [1.29, 1.82) is 0 Å². The summed E-state index contributed by atoms with van der Waals surface area (Å²) < 4.78 is 22.9. The van der Waals surface area contributed by atoms with Gasteiger partial charge in [-0.2, -0.15) is 0 Å². The maximum Gasteiger partial charge on any atom is 0.123 e. The standard InChI is InChI=1S/C13H20FNO4/c1-18-8-11(7-16)15-6-12(17)9-19-13-4-2-10(14)3-5-13/h2-5,11-12,15-17H,6-9H2,1H3. The summed E-state index contributed by atoms with van der Waals surface area (Å²) in [7, 11) is 1.54. The van der Waals surface area contributed by atoms with Gasteiger partial charge >= 0.3 is 0 Å². The third kappa shape index (κ3) is 6.49. The first-order valence-electron chi connectivity index (χ1n) is 6.05. The molecule has 0 aliphatic heterocycles. The molecule has 0 aliphatic carbocycles. The summed E-state index contributed by atoms with van der Waals surface area (Å²) in [5.74, 6) is 0.163. The number of nitrogens with one attached hydrogen (secondary N) is 1. The SMILES string of the molecule is COCC(CO)NCC(O)COc1ccc(F)cc1. The predicted molar refractivity (Wildman–Crippen MR) is 68.7 cm³/mol. The van der Waals surface area contributed by atoms with E-state index in [4.69, 9.17) is 14.6 Å². The summed E-state index contributed by atoms with van der Waals surface area (Å²) in [5.41, 5.74) is 0. The molecule has 0 fully saturated rings. The highest BCUT2D eigenvalue weighted by atomic mass is 19.1. The second kappa shape index (κ2) is 8.82. The molecule has 0 aliphatic rings. The molecule has 0 heterocycles. The van der Waals surface area contributed by atoms with Gasteiger partial charge in [-0.1, -0.05) is 0 Å². The van der Waals surface area contributed by atoms with Crippen LogP contribution in [0.2, 0.25) is 0 Å². The summed E-state index contributed by atoms with van der Waals surface area (Å²) in [6, 6.07) is 5.36. The molecule has 0 spiro atoms. The van der Waals surface area contributed by atoms with Crippen LogP contribution in [0.1, 0.15) is 0 Å². The molecular formula is C13H20FNO4. The van der Waals surface area contributed by atoms with E-state index >= 15 is 0 Å². The minimum absolute atomic E-state index is 0.0701. The molecule has 0 radical (unpaired) electrons. The molecule has 108 valence electrons. The first-order chi connectivity index (χ1) is 9.15. The van der Waals surface area contributed by atoms with Gasteiger partial charge in [0, 0.05) is 13.7 Å². The normalized spacial score (nSPS) is 14.1. The molecule has 0 aromatic heterocycles. The Kier molecular flexibility index (Phi) is 7.35. The van der Waals surface area contributed by atoms with E-state index in [0.717, 1.165) is 0 Å². The van der Waals surface area contributed by atoms with Crippen molar-refractivity contribution in [3.8, 4) is 5.75 Å². The van der Waals surface area contributed by atoms with Crippen LogP contribution >= 0.6 is 0 Å². The fraction of sp³-hybridized carbons (Fsp3) is 0.538. The summed E-state index contributed by atoms with van der Waals surface area (Å²) in [5, 5.41) is 21.7. The molecule has 2 atom stereocenters. The van der Waals surface area contributed by atoms with Crippen LogP contribution in [0.5, 0.6) is 5.75 Å². The zero-order valence-electron chi connectivity index (χ0n) is 10.9. The van der Waals surface area contributed by atoms with Gasteiger partial charge in [-0.05, 0) is 24.3 Å². The lowest BCUT2D eigenvalue weighted by Gasteiger charge is -2.18. The van der Waals surface area contributed by atoms with Crippen LogP contribution in [0.3, 0.4) is 0 Å². The number of aliphatic hydroxyl groups is 2. The predicted octanol–water partition coefficient (Wildman–Crippen LogP) is 0.162. The summed E-state index contributed by atoms with van der Waals surface area (Å²) in [4.78, 5) is 0. The maximum absolute atomic E-state index is 12.7. The summed E-state index contributed by atoms with van der Waals surface area (Å²) >= 11 is 0. The van der Waals surface area contributed by atoms with E-state index in [2.05, 4.69) is 5.32 Å². The van der Waals surface area contributed by atoms with Crippen molar-refractivity contribution in [2.75, 3.05) is 33.5 Å². The fourth-order valence-electron chi connectivity index (χ4n) is 1.46. The molecule has 0 saturated heterocycles. The van der Waals surface area contributed by atoms with E-state index in [0.29, 0.717) is 12.4 Å². The van der Waals surface area contributed by atoms with E-state index < -0.39 is 6.10 Å². The van der Waals surface area contributed by atoms with Gasteiger partial charge in [-0.15, -0.1) is 0 Å². The smallest absolute Gasteiger partial charge is 0.123 e. The number of rotatable bonds is 9. The fourth-order valence-corrected chi connectivity index (χ4v) is 1.46. The molecule has 0 amide bonds. The largest absolute Gasteiger partial charge is 0.491 e. The lowest BCUT2D eigenvalue weighted by molar-refractivity contribution is 0.0854. The topological polar surface area (TPSA) is 71.0 Å². The monoisotopic (exact) mass is 273 g/mol. The van der Waals surface area contributed by atoms with Crippen molar-refractivity contribution in [1.82, 2.24) is 5.32 Å². The Labute approximate surface area is 112 Å². The minimum atomic E-state index is -0.726. The highest BCUT2D eigenvalue weighted by Gasteiger charge is 2.10. The van der Waals surface area contributed by atoms with Crippen LogP contribution in [0.25, 0.3) is 0 Å². The Hall–Kier alpha value is -1.21. The number of methoxy groups -OCH3 is 1. The van der Waals surface area contributed by atoms with Crippen molar-refractivity contribution in [3.05, 3.63) is 30.1 Å². The molecule has 1 rings (SSSR count). The quantitative estimate of drug-likeness (QED) is 0.598. The average molecular weight is 273 g/mol. The van der Waals surface area contributed by atoms with Gasteiger partial charge in [0.15, 0.2) is 0 Å². The second-order valence-corrected chi connectivity index (χ2v) is 4.16. The van der Waals surface area contributed by atoms with Crippen LogP contribution in [-0.2, 0) is 4.74 Å². The van der Waals surface area contributed by atoms with Crippen molar-refractivity contribution in [3.63, 3.8) is 0 Å². The Bertz CT molecular complexity index is 347. The Morgan fingerprint density at radius 2 is 1.95 bits per heavy atom. The van der Waals surface area contributed by atoms with Gasteiger partial charge in [0.05, 0.1) is 19.3 Å². The Morgan fingerprint density at radius 1 is 1.26 bits per heavy atom. The van der Waals surface area contributed by atoms with Crippen molar-refractivity contribution >= 4 is 0 Å². The van der Waals surface area contributed by atoms with Crippen LogP contribution in [0.4, 0.5) is 4.39 Å². The van der Waals surface area contributed by atoms with Crippen LogP contribution < -0.4 is 10.1 Å². The van der Waals surface area contributed by atoms with E-state index in [1.807, 2.05) is 0 Å². The number of hydrogen-bond acceptors (Lipinski definition) is 5. The Balaban J connectivity index is 2.23. The van der Waals surface area contributed by atoms with Crippen molar-refractivity contribution < 1.29 is 24.1 Å². The molecule has 5 nitrogen and oxygen atoms in total. The Morgan fingerprint density at radius 3 is 2.53 bits per heavy atom. The summed E-state index contributed by atoms with van der Waals surface area (Å²) in [6.45, 7) is 0.654. The maximum atomic E-state index is 12.7. The van der Waals surface area contributed by atoms with E-state index in [9.17, 15) is 9.50 Å². The molecule has 19 heavy (non-hydrogen) atoms. The number of benzene rings is 1. The molecule has 0 saturated carbocycles. The van der Waals surface area contributed by atoms with Gasteiger partial charge in [-0.25, -0.2) is 4.39 Å². The number of ether oxygens (including phenoxy) is 2. The first-order valence-corrected chi connectivity index (χ1v) is 6.05. The summed E-state index contributed by atoms with van der Waals surface area (Å²) in [6.07, 6.45) is -0.726. The van der Waals surface area contributed by atoms with E-state index in [1.165, 1.54) is 24.3 Å². The highest BCUT2D eigenvalue weighted by Crippen LogP contribution is 2.11. The molecular weight excluding hydrogens is 253 g/mol. The van der Waals surface area contributed by atoms with Crippen LogP contribution in [0.15, 0.2) is 24.3 Å². The van der Waals surface area contributed by atoms with Gasteiger partial charge < -0.3 is 25.0 Å². The molecule has 0 bridgehead atoms. The number of aliphatic hydroxyl groups excluding tert-OH is 2. The third-order valence-electron chi connectivity index (χ3n) is 2.49. The lowest BCUT2D eigenvalue weighted by atomic mass is 10.3. The van der Waals surface area contributed by atoms with Crippen LogP contribution in [0, 0.1) is 5.82 Å². The van der Waals surface area contributed by atoms with Crippen molar-refractivity contribution in [2.24, 2.45) is 0 Å². The van der Waals surface area contributed by atoms with E-state index in [1.54, 1.807) is 7.11 Å². The molecule has 3 N–H and O–H groups in total. The number of halogens is 1. The molecule has 6 heteroatoms. The van der Waals surface area contributed by atoms with Crippen LogP contribution in [-0.4, -0.2) is 55.8 Å². The highest BCUT2D eigenvalue weighted by molar-refractivity contribution is 5.22. The lowest BCUT2D eigenvalue weighted by Crippen LogP contribution is -2.42. The van der Waals surface area contributed by atoms with Gasteiger partial charge in [0.1, 0.15) is 24.3 Å². The van der Waals surface area contributed by atoms with Gasteiger partial charge in [-0.3, -0.25) is 0 Å². The third-order valence-corrected chi connectivity index (χ3v) is 2.49. The molecule has 2 unspecified atom stereocenters. The first kappa shape index (κ1) is 15.8.